The van der Waals surface area contributed by atoms with E-state index in [1.54, 1.807) is 0 Å². The highest BCUT2D eigenvalue weighted by Crippen LogP contribution is 2.48. The van der Waals surface area contributed by atoms with E-state index in [-0.39, 0.29) is 17.9 Å². The molecule has 0 radical (unpaired) electrons. The highest BCUT2D eigenvalue weighted by Gasteiger charge is 2.56. The van der Waals surface area contributed by atoms with Crippen LogP contribution in [0, 0.1) is 24.7 Å². The molecular weight excluding hydrogens is 276 g/mol. The van der Waals surface area contributed by atoms with Crippen LogP contribution in [0.25, 0.3) is 10.9 Å². The summed E-state index contributed by atoms with van der Waals surface area (Å²) < 4.78 is 0. The van der Waals surface area contributed by atoms with E-state index in [1.807, 2.05) is 38.1 Å². The summed E-state index contributed by atoms with van der Waals surface area (Å²) in [6, 6.07) is 7.85. The van der Waals surface area contributed by atoms with Gasteiger partial charge in [0.15, 0.2) is 0 Å². The minimum Gasteiger partial charge on any atom is -0.348 e. The Hall–Kier alpha value is -2.01. The number of para-hydroxylation sites is 1. The van der Waals surface area contributed by atoms with Crippen molar-refractivity contribution >= 4 is 16.8 Å². The van der Waals surface area contributed by atoms with Gasteiger partial charge in [0.1, 0.15) is 5.82 Å². The molecule has 0 spiro atoms. The van der Waals surface area contributed by atoms with Gasteiger partial charge in [-0.3, -0.25) is 4.79 Å². The van der Waals surface area contributed by atoms with Gasteiger partial charge in [0.05, 0.1) is 17.3 Å². The Morgan fingerprint density at radius 2 is 2.00 bits per heavy atom. The first-order valence-corrected chi connectivity index (χ1v) is 7.89. The van der Waals surface area contributed by atoms with E-state index >= 15 is 0 Å². The van der Waals surface area contributed by atoms with Crippen LogP contribution in [0.4, 0.5) is 0 Å². The molecule has 22 heavy (non-hydrogen) atoms. The molecule has 5 nitrogen and oxygen atoms in total. The number of piperidine rings is 1. The lowest BCUT2D eigenvalue weighted by molar-refractivity contribution is -0.123. The summed E-state index contributed by atoms with van der Waals surface area (Å²) >= 11 is 0. The van der Waals surface area contributed by atoms with E-state index in [9.17, 15) is 4.79 Å². The van der Waals surface area contributed by atoms with Gasteiger partial charge in [-0.25, -0.2) is 9.97 Å². The van der Waals surface area contributed by atoms with E-state index in [1.165, 1.54) is 0 Å². The minimum absolute atomic E-state index is 0.103. The Morgan fingerprint density at radius 3 is 2.77 bits per heavy atom. The molecule has 2 unspecified atom stereocenters. The maximum Gasteiger partial charge on any atom is 0.224 e. The van der Waals surface area contributed by atoms with Crippen molar-refractivity contribution in [3.05, 3.63) is 35.8 Å². The smallest absolute Gasteiger partial charge is 0.224 e. The Balaban J connectivity index is 1.57. The van der Waals surface area contributed by atoms with Crippen LogP contribution in [-0.2, 0) is 4.79 Å². The molecular formula is C17H20N4O. The van der Waals surface area contributed by atoms with Crippen LogP contribution in [-0.4, -0.2) is 29.0 Å². The van der Waals surface area contributed by atoms with E-state index < -0.39 is 0 Å². The van der Waals surface area contributed by atoms with Crippen molar-refractivity contribution in [2.45, 2.75) is 19.9 Å². The predicted octanol–water partition coefficient (Wildman–Crippen LogP) is 1.58. The van der Waals surface area contributed by atoms with Crippen LogP contribution in [0.3, 0.4) is 0 Å². The van der Waals surface area contributed by atoms with Gasteiger partial charge in [-0.2, -0.15) is 0 Å². The molecule has 2 N–H and O–H groups in total. The SMILES string of the molecule is Cc1nc(C(C)NC(=O)C2[C@H]3CNC[C@@H]23)c2ccccc2n1. The molecule has 114 valence electrons. The van der Waals surface area contributed by atoms with Crippen LogP contribution >= 0.6 is 0 Å². The molecule has 1 amide bonds. The number of rotatable bonds is 3. The van der Waals surface area contributed by atoms with Crippen molar-refractivity contribution in [2.24, 2.45) is 17.8 Å². The lowest BCUT2D eigenvalue weighted by Gasteiger charge is -2.16. The van der Waals surface area contributed by atoms with E-state index in [0.29, 0.717) is 11.8 Å². The van der Waals surface area contributed by atoms with Crippen LogP contribution in [0.1, 0.15) is 24.5 Å². The Bertz CT molecular complexity index is 735. The molecule has 1 aromatic heterocycles. The zero-order valence-corrected chi connectivity index (χ0v) is 12.8. The second-order valence-corrected chi connectivity index (χ2v) is 6.42. The number of hydrogen-bond donors (Lipinski definition) is 2. The number of aromatic nitrogens is 2. The van der Waals surface area contributed by atoms with Gasteiger partial charge in [0.25, 0.3) is 0 Å². The van der Waals surface area contributed by atoms with Gasteiger partial charge >= 0.3 is 0 Å². The lowest BCUT2D eigenvalue weighted by Crippen LogP contribution is -2.32. The number of aryl methyl sites for hydroxylation is 1. The third-order valence-corrected chi connectivity index (χ3v) is 4.91. The highest BCUT2D eigenvalue weighted by atomic mass is 16.2. The summed E-state index contributed by atoms with van der Waals surface area (Å²) in [6.07, 6.45) is 0. The van der Waals surface area contributed by atoms with Gasteiger partial charge in [-0.15, -0.1) is 0 Å². The van der Waals surface area contributed by atoms with Crippen molar-refractivity contribution in [1.29, 1.82) is 0 Å². The number of amides is 1. The molecule has 1 aliphatic carbocycles. The minimum atomic E-state index is -0.103. The maximum atomic E-state index is 12.4. The quantitative estimate of drug-likeness (QED) is 0.902. The lowest BCUT2D eigenvalue weighted by atomic mass is 10.1. The molecule has 2 aliphatic rings. The second kappa shape index (κ2) is 5.02. The summed E-state index contributed by atoms with van der Waals surface area (Å²) in [6.45, 7) is 5.85. The van der Waals surface area contributed by atoms with Crippen LogP contribution in [0.2, 0.25) is 0 Å². The molecule has 4 rings (SSSR count). The first-order chi connectivity index (χ1) is 10.6. The maximum absolute atomic E-state index is 12.4. The van der Waals surface area contributed by atoms with Crippen molar-refractivity contribution < 1.29 is 4.79 Å². The Morgan fingerprint density at radius 1 is 1.27 bits per heavy atom. The van der Waals surface area contributed by atoms with E-state index in [0.717, 1.165) is 35.5 Å². The summed E-state index contributed by atoms with van der Waals surface area (Å²) in [4.78, 5) is 21.5. The van der Waals surface area contributed by atoms with Gasteiger partial charge in [-0.1, -0.05) is 18.2 Å². The molecule has 1 saturated heterocycles. The number of fused-ring (bicyclic) bond motifs is 2. The Kier molecular flexibility index (Phi) is 3.11. The molecule has 4 atom stereocenters. The number of carbonyl (C=O) groups is 1. The van der Waals surface area contributed by atoms with Crippen LogP contribution < -0.4 is 10.6 Å². The number of carbonyl (C=O) groups excluding carboxylic acids is 1. The monoisotopic (exact) mass is 296 g/mol. The molecule has 2 heterocycles. The number of nitrogens with zero attached hydrogens (tertiary/aromatic N) is 2. The predicted molar refractivity (Wildman–Crippen MR) is 84.2 cm³/mol. The largest absolute Gasteiger partial charge is 0.348 e. The fourth-order valence-electron chi connectivity index (χ4n) is 3.74. The van der Waals surface area contributed by atoms with Crippen molar-refractivity contribution in [3.8, 4) is 0 Å². The van der Waals surface area contributed by atoms with Crippen molar-refractivity contribution in [1.82, 2.24) is 20.6 Å². The standard InChI is InChI=1S/C17H20N4O/c1-9(19-17(22)15-12-7-18-8-13(12)15)16-11-5-3-4-6-14(11)20-10(2)21-16/h3-6,9,12-13,15,18H,7-8H2,1-2H3,(H,19,22)/t9?,12-,13+,15?. The zero-order valence-electron chi connectivity index (χ0n) is 12.8. The second-order valence-electron chi connectivity index (χ2n) is 6.42. The van der Waals surface area contributed by atoms with Gasteiger partial charge in [0, 0.05) is 11.3 Å². The number of hydrogen-bond acceptors (Lipinski definition) is 4. The van der Waals surface area contributed by atoms with Crippen molar-refractivity contribution in [3.63, 3.8) is 0 Å². The van der Waals surface area contributed by atoms with Gasteiger partial charge in [0.2, 0.25) is 5.91 Å². The molecule has 1 saturated carbocycles. The van der Waals surface area contributed by atoms with Gasteiger partial charge < -0.3 is 10.6 Å². The van der Waals surface area contributed by atoms with Crippen LogP contribution in [0.15, 0.2) is 24.3 Å². The molecule has 5 heteroatoms. The summed E-state index contributed by atoms with van der Waals surface area (Å²) in [5, 5.41) is 7.48. The number of benzene rings is 1. The number of nitrogens with one attached hydrogen (secondary N) is 2. The zero-order chi connectivity index (χ0) is 15.3. The highest BCUT2D eigenvalue weighted by molar-refractivity contribution is 5.85. The molecule has 2 fully saturated rings. The topological polar surface area (TPSA) is 66.9 Å². The summed E-state index contributed by atoms with van der Waals surface area (Å²) in [7, 11) is 0. The van der Waals surface area contributed by atoms with E-state index in [2.05, 4.69) is 20.6 Å². The average molecular weight is 296 g/mol. The fraction of sp³-hybridized carbons (Fsp3) is 0.471. The molecule has 1 aromatic carbocycles. The first kappa shape index (κ1) is 13.6. The Labute approximate surface area is 129 Å². The summed E-state index contributed by atoms with van der Waals surface area (Å²) in [5.41, 5.74) is 1.83. The molecule has 1 aliphatic heterocycles. The average Bonchev–Trinajstić information content (AvgIpc) is 2.99. The molecule has 2 aromatic rings. The third kappa shape index (κ3) is 2.16. The fourth-order valence-corrected chi connectivity index (χ4v) is 3.74. The first-order valence-electron chi connectivity index (χ1n) is 7.89. The van der Waals surface area contributed by atoms with Crippen LogP contribution in [0.5, 0.6) is 0 Å². The normalized spacial score (nSPS) is 27.5. The van der Waals surface area contributed by atoms with Gasteiger partial charge in [-0.05, 0) is 44.8 Å². The summed E-state index contributed by atoms with van der Waals surface area (Å²) in [5.74, 6) is 2.18. The van der Waals surface area contributed by atoms with Crippen molar-refractivity contribution in [2.75, 3.05) is 13.1 Å². The molecule has 0 bridgehead atoms. The third-order valence-electron chi connectivity index (χ3n) is 4.91. The van der Waals surface area contributed by atoms with E-state index in [4.69, 9.17) is 0 Å².